The number of aryl methyl sites for hydroxylation is 1. The van der Waals surface area contributed by atoms with Crippen LogP contribution in [-0.4, -0.2) is 15.0 Å². The Kier molecular flexibility index (Phi) is 3.05. The number of hydrogen-bond donors (Lipinski definition) is 0. The Morgan fingerprint density at radius 1 is 1.50 bits per heavy atom. The fourth-order valence-corrected chi connectivity index (χ4v) is 1.35. The van der Waals surface area contributed by atoms with Crippen molar-refractivity contribution in [3.8, 4) is 5.75 Å². The molecule has 0 saturated heterocycles. The third-order valence-electron chi connectivity index (χ3n) is 2.08. The van der Waals surface area contributed by atoms with Crippen LogP contribution < -0.4 is 4.74 Å². The first kappa shape index (κ1) is 10.9. The molecule has 6 heteroatoms. The molecule has 0 aliphatic heterocycles. The van der Waals surface area contributed by atoms with Crippen LogP contribution in [0.1, 0.15) is 5.69 Å². The molecular formula is C10H9ClFN3O. The zero-order valence-electron chi connectivity index (χ0n) is 8.52. The largest absolute Gasteiger partial charge is 0.486 e. The third kappa shape index (κ3) is 2.30. The number of rotatable bonds is 3. The van der Waals surface area contributed by atoms with Crippen LogP contribution in [0, 0.1) is 5.82 Å². The predicted molar refractivity (Wildman–Crippen MR) is 56.7 cm³/mol. The first-order chi connectivity index (χ1) is 7.66. The smallest absolute Gasteiger partial charge is 0.141 e. The van der Waals surface area contributed by atoms with Crippen LogP contribution in [0.25, 0.3) is 0 Å². The highest BCUT2D eigenvalue weighted by atomic mass is 35.5. The van der Waals surface area contributed by atoms with Gasteiger partial charge in [0.25, 0.3) is 0 Å². The zero-order valence-corrected chi connectivity index (χ0v) is 9.28. The van der Waals surface area contributed by atoms with E-state index in [9.17, 15) is 4.39 Å². The minimum absolute atomic E-state index is 0.243. The molecule has 0 aliphatic rings. The number of halogens is 2. The number of benzene rings is 1. The lowest BCUT2D eigenvalue weighted by atomic mass is 10.3. The number of aromatic nitrogens is 3. The van der Waals surface area contributed by atoms with Gasteiger partial charge in [0.05, 0.1) is 16.9 Å². The zero-order chi connectivity index (χ0) is 11.5. The maximum atomic E-state index is 12.9. The van der Waals surface area contributed by atoms with Crippen molar-refractivity contribution in [3.05, 3.63) is 40.9 Å². The van der Waals surface area contributed by atoms with Crippen LogP contribution in [0.5, 0.6) is 5.75 Å². The number of nitrogens with zero attached hydrogens (tertiary/aromatic N) is 3. The molecule has 0 fully saturated rings. The highest BCUT2D eigenvalue weighted by molar-refractivity contribution is 6.32. The topological polar surface area (TPSA) is 39.9 Å². The molecule has 1 aromatic carbocycles. The van der Waals surface area contributed by atoms with Crippen LogP contribution in [0.3, 0.4) is 0 Å². The van der Waals surface area contributed by atoms with Gasteiger partial charge in [0, 0.05) is 13.1 Å². The molecule has 0 N–H and O–H groups in total. The Bertz CT molecular complexity index is 501. The average Bonchev–Trinajstić information content (AvgIpc) is 2.66. The fraction of sp³-hybridized carbons (Fsp3) is 0.200. The molecule has 4 nitrogen and oxygen atoms in total. The van der Waals surface area contributed by atoms with Crippen LogP contribution in [0.4, 0.5) is 4.39 Å². The van der Waals surface area contributed by atoms with Crippen LogP contribution in [-0.2, 0) is 13.7 Å². The molecule has 0 bridgehead atoms. The van der Waals surface area contributed by atoms with Crippen molar-refractivity contribution in [1.82, 2.24) is 15.0 Å². The highest BCUT2D eigenvalue weighted by Gasteiger charge is 2.05. The molecule has 0 saturated carbocycles. The maximum absolute atomic E-state index is 12.9. The standard InChI is InChI=1S/C10H9ClFN3O/c1-15-8(5-13-14-15)6-16-10-4-7(12)2-3-9(10)11/h2-5H,6H2,1H3. The third-order valence-corrected chi connectivity index (χ3v) is 2.39. The van der Waals surface area contributed by atoms with Crippen molar-refractivity contribution in [3.63, 3.8) is 0 Å². The molecule has 2 rings (SSSR count). The van der Waals surface area contributed by atoms with E-state index in [1.54, 1.807) is 17.9 Å². The van der Waals surface area contributed by atoms with Crippen molar-refractivity contribution >= 4 is 11.6 Å². The number of hydrogen-bond acceptors (Lipinski definition) is 3. The van der Waals surface area contributed by atoms with Crippen molar-refractivity contribution in [2.24, 2.45) is 7.05 Å². The molecule has 16 heavy (non-hydrogen) atoms. The first-order valence-electron chi connectivity index (χ1n) is 4.58. The molecular weight excluding hydrogens is 233 g/mol. The quantitative estimate of drug-likeness (QED) is 0.827. The Morgan fingerprint density at radius 3 is 3.00 bits per heavy atom. The Balaban J connectivity index is 2.10. The molecule has 1 heterocycles. The van der Waals surface area contributed by atoms with Gasteiger partial charge in [0.1, 0.15) is 18.2 Å². The van der Waals surface area contributed by atoms with E-state index in [1.807, 2.05) is 0 Å². The van der Waals surface area contributed by atoms with Gasteiger partial charge in [-0.05, 0) is 12.1 Å². The van der Waals surface area contributed by atoms with Gasteiger partial charge in [0.2, 0.25) is 0 Å². The van der Waals surface area contributed by atoms with Gasteiger partial charge in [-0.1, -0.05) is 16.8 Å². The molecule has 0 atom stereocenters. The summed E-state index contributed by atoms with van der Waals surface area (Å²) in [5.41, 5.74) is 0.778. The summed E-state index contributed by atoms with van der Waals surface area (Å²) in [7, 11) is 1.75. The van der Waals surface area contributed by atoms with Gasteiger partial charge in [-0.2, -0.15) is 0 Å². The van der Waals surface area contributed by atoms with Crippen molar-refractivity contribution in [1.29, 1.82) is 0 Å². The molecule has 0 aliphatic carbocycles. The van der Waals surface area contributed by atoms with E-state index in [1.165, 1.54) is 18.2 Å². The Hall–Kier alpha value is -1.62. The van der Waals surface area contributed by atoms with Crippen LogP contribution in [0.2, 0.25) is 5.02 Å². The van der Waals surface area contributed by atoms with Crippen molar-refractivity contribution in [2.75, 3.05) is 0 Å². The summed E-state index contributed by atoms with van der Waals surface area (Å²) in [6.45, 7) is 0.243. The molecule has 1 aromatic heterocycles. The predicted octanol–water partition coefficient (Wildman–Crippen LogP) is 2.19. The first-order valence-corrected chi connectivity index (χ1v) is 4.96. The average molecular weight is 242 g/mol. The van der Waals surface area contributed by atoms with E-state index in [0.29, 0.717) is 10.8 Å². The van der Waals surface area contributed by atoms with E-state index in [4.69, 9.17) is 16.3 Å². The van der Waals surface area contributed by atoms with E-state index in [0.717, 1.165) is 5.69 Å². The molecule has 0 amide bonds. The Morgan fingerprint density at radius 2 is 2.31 bits per heavy atom. The second-order valence-electron chi connectivity index (χ2n) is 3.21. The van der Waals surface area contributed by atoms with E-state index >= 15 is 0 Å². The van der Waals surface area contributed by atoms with Gasteiger partial charge in [-0.15, -0.1) is 5.10 Å². The van der Waals surface area contributed by atoms with Crippen LogP contribution in [0.15, 0.2) is 24.4 Å². The summed E-state index contributed by atoms with van der Waals surface area (Å²) in [6, 6.07) is 3.97. The van der Waals surface area contributed by atoms with Gasteiger partial charge in [-0.3, -0.25) is 0 Å². The van der Waals surface area contributed by atoms with E-state index in [2.05, 4.69) is 10.3 Å². The maximum Gasteiger partial charge on any atom is 0.141 e. The highest BCUT2D eigenvalue weighted by Crippen LogP contribution is 2.25. The summed E-state index contributed by atoms with van der Waals surface area (Å²) < 4.78 is 19.9. The Labute approximate surface area is 96.6 Å². The molecule has 0 radical (unpaired) electrons. The monoisotopic (exact) mass is 241 g/mol. The minimum atomic E-state index is -0.387. The lowest BCUT2D eigenvalue weighted by molar-refractivity contribution is 0.293. The lowest BCUT2D eigenvalue weighted by Gasteiger charge is -2.07. The second kappa shape index (κ2) is 4.49. The summed E-state index contributed by atoms with van der Waals surface area (Å²) in [5.74, 6) is -0.0783. The van der Waals surface area contributed by atoms with E-state index in [-0.39, 0.29) is 12.4 Å². The van der Waals surface area contributed by atoms with Gasteiger partial charge in [-0.25, -0.2) is 9.07 Å². The van der Waals surface area contributed by atoms with Crippen molar-refractivity contribution < 1.29 is 9.13 Å². The molecule has 84 valence electrons. The van der Waals surface area contributed by atoms with E-state index < -0.39 is 0 Å². The summed E-state index contributed by atoms with van der Waals surface area (Å²) >= 11 is 5.85. The van der Waals surface area contributed by atoms with Gasteiger partial charge in [0.15, 0.2) is 0 Å². The summed E-state index contributed by atoms with van der Waals surface area (Å²) in [6.07, 6.45) is 1.58. The SMILES string of the molecule is Cn1nncc1COc1cc(F)ccc1Cl. The van der Waals surface area contributed by atoms with Crippen molar-refractivity contribution in [2.45, 2.75) is 6.61 Å². The fourth-order valence-electron chi connectivity index (χ4n) is 1.18. The van der Waals surface area contributed by atoms with Crippen LogP contribution >= 0.6 is 11.6 Å². The van der Waals surface area contributed by atoms with Gasteiger partial charge >= 0.3 is 0 Å². The molecule has 2 aromatic rings. The summed E-state index contributed by atoms with van der Waals surface area (Å²) in [5, 5.41) is 7.82. The summed E-state index contributed by atoms with van der Waals surface area (Å²) in [4.78, 5) is 0. The van der Waals surface area contributed by atoms with Gasteiger partial charge < -0.3 is 4.74 Å². The normalized spacial score (nSPS) is 10.4. The minimum Gasteiger partial charge on any atom is -0.486 e. The molecule has 0 unspecified atom stereocenters. The number of ether oxygens (including phenoxy) is 1. The molecule has 0 spiro atoms. The second-order valence-corrected chi connectivity index (χ2v) is 3.62. The lowest BCUT2D eigenvalue weighted by Crippen LogP contribution is -2.03.